The second kappa shape index (κ2) is 7.70. The second-order valence-corrected chi connectivity index (χ2v) is 6.43. The first-order valence-corrected chi connectivity index (χ1v) is 8.57. The van der Waals surface area contributed by atoms with Crippen LogP contribution in [-0.4, -0.2) is 33.6 Å². The third kappa shape index (κ3) is 4.02. The van der Waals surface area contributed by atoms with Crippen molar-refractivity contribution < 1.29 is 23.8 Å². The number of benzene rings is 1. The maximum absolute atomic E-state index is 13.2. The Hall–Kier alpha value is -2.34. The lowest BCUT2D eigenvalue weighted by Crippen LogP contribution is -2.41. The van der Waals surface area contributed by atoms with Crippen molar-refractivity contribution in [2.24, 2.45) is 0 Å². The average molecular weight is 347 g/mol. The molecule has 6 heteroatoms. The fourth-order valence-corrected chi connectivity index (χ4v) is 3.38. The fraction of sp³-hybridized carbons (Fsp3) is 0.421. The molecule has 2 aromatic rings. The molecule has 134 valence electrons. The second-order valence-electron chi connectivity index (χ2n) is 6.43. The van der Waals surface area contributed by atoms with Crippen LogP contribution in [0.2, 0.25) is 0 Å². The standard InChI is InChI=1S/C19H22FNO4/c20-13-7-8-15(16(22)11-13)19(24)21-9-3-1-2-5-14(21)12-17(23)18-6-4-10-25-18/h4,6-8,10-11,14,17,22-23H,1-3,5,9,12H2. The quantitative estimate of drug-likeness (QED) is 0.886. The van der Waals surface area contributed by atoms with Crippen molar-refractivity contribution in [3.05, 3.63) is 53.7 Å². The first-order chi connectivity index (χ1) is 12.1. The third-order valence-electron chi connectivity index (χ3n) is 4.70. The first-order valence-electron chi connectivity index (χ1n) is 8.57. The largest absolute Gasteiger partial charge is 0.507 e. The molecule has 1 aromatic heterocycles. The summed E-state index contributed by atoms with van der Waals surface area (Å²) in [5.41, 5.74) is 0.0841. The van der Waals surface area contributed by atoms with E-state index in [-0.39, 0.29) is 23.3 Å². The summed E-state index contributed by atoms with van der Waals surface area (Å²) in [7, 11) is 0. The number of rotatable bonds is 4. The van der Waals surface area contributed by atoms with Gasteiger partial charge in [0, 0.05) is 25.1 Å². The highest BCUT2D eigenvalue weighted by Gasteiger charge is 2.30. The summed E-state index contributed by atoms with van der Waals surface area (Å²) >= 11 is 0. The van der Waals surface area contributed by atoms with Gasteiger partial charge < -0.3 is 19.5 Å². The number of halogens is 1. The van der Waals surface area contributed by atoms with Gasteiger partial charge in [-0.25, -0.2) is 4.39 Å². The van der Waals surface area contributed by atoms with Crippen LogP contribution < -0.4 is 0 Å². The minimum Gasteiger partial charge on any atom is -0.507 e. The molecule has 2 N–H and O–H groups in total. The van der Waals surface area contributed by atoms with Crippen molar-refractivity contribution in [1.29, 1.82) is 0 Å². The van der Waals surface area contributed by atoms with Gasteiger partial charge in [0.1, 0.15) is 23.4 Å². The van der Waals surface area contributed by atoms with Crippen molar-refractivity contribution in [3.63, 3.8) is 0 Å². The van der Waals surface area contributed by atoms with Gasteiger partial charge in [0.15, 0.2) is 0 Å². The molecule has 3 rings (SSSR count). The van der Waals surface area contributed by atoms with Gasteiger partial charge in [-0.3, -0.25) is 4.79 Å². The zero-order valence-corrected chi connectivity index (χ0v) is 13.9. The number of amides is 1. The van der Waals surface area contributed by atoms with Crippen molar-refractivity contribution in [3.8, 4) is 5.75 Å². The number of furan rings is 1. The van der Waals surface area contributed by atoms with E-state index in [1.165, 1.54) is 12.3 Å². The van der Waals surface area contributed by atoms with Crippen LogP contribution in [0.1, 0.15) is 54.3 Å². The van der Waals surface area contributed by atoms with E-state index >= 15 is 0 Å². The summed E-state index contributed by atoms with van der Waals surface area (Å²) in [6.45, 7) is 0.547. The molecule has 1 fully saturated rings. The van der Waals surface area contributed by atoms with E-state index in [0.717, 1.165) is 37.8 Å². The average Bonchev–Trinajstić information content (AvgIpc) is 3.02. The summed E-state index contributed by atoms with van der Waals surface area (Å²) in [6.07, 6.45) is 4.68. The molecular weight excluding hydrogens is 325 g/mol. The predicted molar refractivity (Wildman–Crippen MR) is 89.6 cm³/mol. The van der Waals surface area contributed by atoms with Gasteiger partial charge in [0.05, 0.1) is 11.8 Å². The van der Waals surface area contributed by atoms with E-state index in [2.05, 4.69) is 0 Å². The molecule has 2 unspecified atom stereocenters. The number of carbonyl (C=O) groups is 1. The summed E-state index contributed by atoms with van der Waals surface area (Å²) in [6, 6.07) is 6.66. The van der Waals surface area contributed by atoms with E-state index in [1.54, 1.807) is 17.0 Å². The highest BCUT2D eigenvalue weighted by molar-refractivity contribution is 5.97. The molecule has 0 bridgehead atoms. The Balaban J connectivity index is 1.81. The highest BCUT2D eigenvalue weighted by atomic mass is 19.1. The van der Waals surface area contributed by atoms with Gasteiger partial charge in [-0.1, -0.05) is 12.8 Å². The maximum Gasteiger partial charge on any atom is 0.257 e. The molecule has 1 saturated heterocycles. The molecule has 5 nitrogen and oxygen atoms in total. The third-order valence-corrected chi connectivity index (χ3v) is 4.70. The summed E-state index contributed by atoms with van der Waals surface area (Å²) < 4.78 is 18.4. The number of hydrogen-bond acceptors (Lipinski definition) is 4. The Labute approximate surface area is 145 Å². The molecule has 0 aliphatic carbocycles. The molecule has 2 atom stereocenters. The molecule has 1 aliphatic heterocycles. The van der Waals surface area contributed by atoms with Crippen molar-refractivity contribution in [1.82, 2.24) is 4.90 Å². The Bertz CT molecular complexity index is 716. The summed E-state index contributed by atoms with van der Waals surface area (Å²) in [4.78, 5) is 14.6. The van der Waals surface area contributed by atoms with E-state index in [4.69, 9.17) is 4.42 Å². The van der Waals surface area contributed by atoms with E-state index in [0.29, 0.717) is 18.7 Å². The van der Waals surface area contributed by atoms with E-state index in [1.807, 2.05) is 0 Å². The molecule has 1 amide bonds. The predicted octanol–water partition coefficient (Wildman–Crippen LogP) is 3.63. The van der Waals surface area contributed by atoms with Crippen LogP contribution in [0.5, 0.6) is 5.75 Å². The molecular formula is C19H22FNO4. The summed E-state index contributed by atoms with van der Waals surface area (Å²) in [5.74, 6) is -0.813. The smallest absolute Gasteiger partial charge is 0.257 e. The zero-order valence-electron chi connectivity index (χ0n) is 13.9. The number of phenols is 1. The number of hydrogen-bond donors (Lipinski definition) is 2. The van der Waals surface area contributed by atoms with Crippen molar-refractivity contribution in [2.75, 3.05) is 6.54 Å². The van der Waals surface area contributed by atoms with Gasteiger partial charge in [-0.2, -0.15) is 0 Å². The van der Waals surface area contributed by atoms with Crippen LogP contribution in [-0.2, 0) is 0 Å². The maximum atomic E-state index is 13.2. The van der Waals surface area contributed by atoms with Crippen LogP contribution in [0, 0.1) is 5.82 Å². The van der Waals surface area contributed by atoms with Gasteiger partial charge in [-0.15, -0.1) is 0 Å². The Morgan fingerprint density at radius 3 is 2.88 bits per heavy atom. The number of likely N-dealkylation sites (tertiary alicyclic amines) is 1. The monoisotopic (exact) mass is 347 g/mol. The lowest BCUT2D eigenvalue weighted by molar-refractivity contribution is 0.0555. The van der Waals surface area contributed by atoms with Crippen LogP contribution in [0.4, 0.5) is 4.39 Å². The molecule has 25 heavy (non-hydrogen) atoms. The van der Waals surface area contributed by atoms with Crippen LogP contribution >= 0.6 is 0 Å². The van der Waals surface area contributed by atoms with E-state index in [9.17, 15) is 19.4 Å². The Morgan fingerprint density at radius 1 is 1.32 bits per heavy atom. The molecule has 1 aromatic carbocycles. The van der Waals surface area contributed by atoms with Gasteiger partial charge in [-0.05, 0) is 37.1 Å². The number of aliphatic hydroxyl groups excluding tert-OH is 1. The molecule has 2 heterocycles. The molecule has 0 saturated carbocycles. The minimum absolute atomic E-state index is 0.0841. The van der Waals surface area contributed by atoms with Crippen molar-refractivity contribution in [2.45, 2.75) is 44.2 Å². The van der Waals surface area contributed by atoms with Gasteiger partial charge in [0.2, 0.25) is 0 Å². The topological polar surface area (TPSA) is 73.9 Å². The van der Waals surface area contributed by atoms with Crippen LogP contribution in [0.3, 0.4) is 0 Å². The summed E-state index contributed by atoms with van der Waals surface area (Å²) in [5, 5.41) is 20.3. The molecule has 1 aliphatic rings. The van der Waals surface area contributed by atoms with Crippen LogP contribution in [0.25, 0.3) is 0 Å². The van der Waals surface area contributed by atoms with Gasteiger partial charge >= 0.3 is 0 Å². The first kappa shape index (κ1) is 17.5. The Kier molecular flexibility index (Phi) is 5.38. The molecule has 0 spiro atoms. The molecule has 0 radical (unpaired) electrons. The number of phenolic OH excluding ortho intramolecular Hbond substituents is 1. The van der Waals surface area contributed by atoms with Gasteiger partial charge in [0.25, 0.3) is 5.91 Å². The normalized spacial score (nSPS) is 19.4. The lowest BCUT2D eigenvalue weighted by Gasteiger charge is -2.31. The number of aromatic hydroxyl groups is 1. The minimum atomic E-state index is -0.796. The Morgan fingerprint density at radius 2 is 2.16 bits per heavy atom. The SMILES string of the molecule is O=C(c1ccc(F)cc1O)N1CCCCCC1CC(O)c1ccco1. The van der Waals surface area contributed by atoms with Crippen LogP contribution in [0.15, 0.2) is 41.0 Å². The number of aliphatic hydroxyl groups is 1. The highest BCUT2D eigenvalue weighted by Crippen LogP contribution is 2.29. The number of carbonyl (C=O) groups excluding carboxylic acids is 1. The lowest BCUT2D eigenvalue weighted by atomic mass is 10.0. The van der Waals surface area contributed by atoms with E-state index < -0.39 is 11.9 Å². The number of nitrogens with zero attached hydrogens (tertiary/aromatic N) is 1. The zero-order chi connectivity index (χ0) is 17.8. The fourth-order valence-electron chi connectivity index (χ4n) is 3.38. The van der Waals surface area contributed by atoms with Crippen molar-refractivity contribution >= 4 is 5.91 Å².